The second-order valence-electron chi connectivity index (χ2n) is 7.90. The van der Waals surface area contributed by atoms with E-state index in [1.807, 2.05) is 38.1 Å². The maximum Gasteiger partial charge on any atom is 0.418 e. The van der Waals surface area contributed by atoms with Crippen LogP contribution in [-0.4, -0.2) is 50.5 Å². The van der Waals surface area contributed by atoms with E-state index in [1.54, 1.807) is 37.4 Å². The Balaban J connectivity index is 1.82. The number of carbonyl (C=O) groups excluding carboxylic acids is 1. The second kappa shape index (κ2) is 12.1. The summed E-state index contributed by atoms with van der Waals surface area (Å²) in [5.74, 6) is 10.6. The van der Waals surface area contributed by atoms with Crippen molar-refractivity contribution in [2.45, 2.75) is 31.7 Å². The zero-order valence-electron chi connectivity index (χ0n) is 20.4. The molecule has 3 rings (SSSR count). The van der Waals surface area contributed by atoms with Gasteiger partial charge in [0.1, 0.15) is 5.82 Å². The molecule has 36 heavy (non-hydrogen) atoms. The van der Waals surface area contributed by atoms with Crippen molar-refractivity contribution in [2.24, 2.45) is 0 Å². The Morgan fingerprint density at radius 2 is 1.86 bits per heavy atom. The molecule has 1 heterocycles. The van der Waals surface area contributed by atoms with Gasteiger partial charge in [0.2, 0.25) is 5.95 Å². The third-order valence-corrected chi connectivity index (χ3v) is 6.47. The Hall–Kier alpha value is -4.07. The highest BCUT2D eigenvalue weighted by Crippen LogP contribution is 2.20. The Labute approximate surface area is 211 Å². The number of nitrogens with one attached hydrogen (secondary N) is 3. The lowest BCUT2D eigenvalue weighted by Gasteiger charge is -2.15. The number of nitrogens with zero attached hydrogens (tertiary/aromatic N) is 2. The Morgan fingerprint density at radius 3 is 2.53 bits per heavy atom. The molecule has 0 spiro atoms. The molecule has 9 nitrogen and oxygen atoms in total. The van der Waals surface area contributed by atoms with E-state index in [0.717, 1.165) is 11.1 Å². The molecule has 0 saturated heterocycles. The summed E-state index contributed by atoms with van der Waals surface area (Å²) < 4.78 is 19.8. The molecule has 1 unspecified atom stereocenters. The minimum absolute atomic E-state index is 0.0803. The molecule has 0 aliphatic carbocycles. The third kappa shape index (κ3) is 7.21. The number of hydrogen-bond acceptors (Lipinski definition) is 8. The number of ether oxygens (including phenoxy) is 1. The van der Waals surface area contributed by atoms with Gasteiger partial charge in [-0.25, -0.2) is 18.7 Å². The van der Waals surface area contributed by atoms with Crippen LogP contribution in [0, 0.1) is 18.8 Å². The average Bonchev–Trinajstić information content (AvgIpc) is 2.84. The molecule has 2 atom stereocenters. The van der Waals surface area contributed by atoms with E-state index in [4.69, 9.17) is 4.74 Å². The van der Waals surface area contributed by atoms with Gasteiger partial charge in [0.15, 0.2) is 0 Å². The molecule has 10 heteroatoms. The standard InChI is InChI=1S/C26H29N5O4S/c1-5-35-26(33)31-36(4,34)23-14-12-22(13-15-23)29-25-27-16-21(24(30-25)28-19(3)17-32)11-10-20-9-7-6-8-18(20)2/h6-9,12-16,19,32H,4-5,17H2,1-3H3,(H,31,33,34)(H2,27,28,29,30)/t19-,36?/m1/s1. The maximum atomic E-state index is 12.7. The van der Waals surface area contributed by atoms with Crippen molar-refractivity contribution in [3.05, 3.63) is 71.4 Å². The van der Waals surface area contributed by atoms with Gasteiger partial charge < -0.3 is 20.5 Å². The van der Waals surface area contributed by atoms with Gasteiger partial charge in [0, 0.05) is 22.2 Å². The van der Waals surface area contributed by atoms with Crippen molar-refractivity contribution in [3.63, 3.8) is 0 Å². The van der Waals surface area contributed by atoms with Gasteiger partial charge in [-0.1, -0.05) is 30.0 Å². The first-order chi connectivity index (χ1) is 17.2. The Kier molecular flexibility index (Phi) is 8.89. The van der Waals surface area contributed by atoms with Crippen LogP contribution in [0.15, 0.2) is 59.6 Å². The number of rotatable bonds is 8. The fraction of sp³-hybridized carbons (Fsp3) is 0.231. The van der Waals surface area contributed by atoms with Crippen LogP contribution < -0.4 is 15.4 Å². The fourth-order valence-electron chi connectivity index (χ4n) is 3.01. The van der Waals surface area contributed by atoms with Crippen molar-refractivity contribution < 1.29 is 18.8 Å². The van der Waals surface area contributed by atoms with E-state index in [-0.39, 0.29) is 19.3 Å². The third-order valence-electron chi connectivity index (χ3n) is 4.94. The molecule has 0 fully saturated rings. The van der Waals surface area contributed by atoms with Crippen molar-refractivity contribution in [2.75, 3.05) is 23.8 Å². The molecule has 0 saturated carbocycles. The van der Waals surface area contributed by atoms with Crippen molar-refractivity contribution >= 4 is 39.1 Å². The first-order valence-corrected chi connectivity index (χ1v) is 13.0. The smallest absolute Gasteiger partial charge is 0.418 e. The van der Waals surface area contributed by atoms with Gasteiger partial charge in [-0.2, -0.15) is 4.98 Å². The first-order valence-electron chi connectivity index (χ1n) is 11.2. The van der Waals surface area contributed by atoms with Crippen LogP contribution in [0.25, 0.3) is 0 Å². The van der Waals surface area contributed by atoms with E-state index >= 15 is 0 Å². The molecule has 0 radical (unpaired) electrons. The predicted molar refractivity (Wildman–Crippen MR) is 143 cm³/mol. The fourth-order valence-corrected chi connectivity index (χ4v) is 4.03. The number of carbonyl (C=O) groups is 1. The molecule has 3 aromatic rings. The summed E-state index contributed by atoms with van der Waals surface area (Å²) in [5, 5.41) is 15.7. The van der Waals surface area contributed by atoms with Gasteiger partial charge in [-0.05, 0) is 62.5 Å². The van der Waals surface area contributed by atoms with Crippen LogP contribution in [0.5, 0.6) is 0 Å². The van der Waals surface area contributed by atoms with Crippen molar-refractivity contribution in [3.8, 4) is 11.8 Å². The van der Waals surface area contributed by atoms with Crippen LogP contribution in [-0.2, 0) is 14.4 Å². The SMILES string of the molecule is C=S(=O)(NC(=O)OCC)c1ccc(Nc2ncc(C#Cc3ccccc3C)c(N[C@H](C)CO)n2)cc1. The van der Waals surface area contributed by atoms with Crippen LogP contribution in [0.4, 0.5) is 22.2 Å². The zero-order chi connectivity index (χ0) is 26.1. The molecular weight excluding hydrogens is 478 g/mol. The number of hydrogen-bond donors (Lipinski definition) is 4. The molecule has 188 valence electrons. The van der Waals surface area contributed by atoms with Gasteiger partial charge in [-0.15, -0.1) is 0 Å². The molecule has 0 bridgehead atoms. The molecule has 0 aliphatic heterocycles. The number of amides is 1. The van der Waals surface area contributed by atoms with Crippen molar-refractivity contribution in [1.29, 1.82) is 0 Å². The average molecular weight is 508 g/mol. The Morgan fingerprint density at radius 1 is 1.17 bits per heavy atom. The highest BCUT2D eigenvalue weighted by atomic mass is 32.2. The highest BCUT2D eigenvalue weighted by molar-refractivity contribution is 7.99. The summed E-state index contributed by atoms with van der Waals surface area (Å²) in [6.45, 7) is 5.55. The van der Waals surface area contributed by atoms with Gasteiger partial charge >= 0.3 is 6.09 Å². The summed E-state index contributed by atoms with van der Waals surface area (Å²) in [6, 6.07) is 14.1. The van der Waals surface area contributed by atoms with E-state index in [9.17, 15) is 14.1 Å². The number of benzene rings is 2. The lowest BCUT2D eigenvalue weighted by atomic mass is 10.1. The van der Waals surface area contributed by atoms with E-state index in [2.05, 4.69) is 43.0 Å². The summed E-state index contributed by atoms with van der Waals surface area (Å²) in [6.07, 6.45) is 0.809. The van der Waals surface area contributed by atoms with Crippen LogP contribution in [0.3, 0.4) is 0 Å². The number of anilines is 3. The molecular formula is C26H29N5O4S. The summed E-state index contributed by atoms with van der Waals surface area (Å²) in [5.41, 5.74) is 3.18. The van der Waals surface area contributed by atoms with E-state index in [1.165, 1.54) is 0 Å². The van der Waals surface area contributed by atoms with Gasteiger partial charge in [-0.3, -0.25) is 0 Å². The molecule has 0 aliphatic rings. The van der Waals surface area contributed by atoms with Crippen LogP contribution >= 0.6 is 0 Å². The number of aliphatic hydroxyl groups excluding tert-OH is 1. The Bertz CT molecular complexity index is 1380. The molecule has 1 amide bonds. The predicted octanol–water partition coefficient (Wildman–Crippen LogP) is 3.46. The lowest BCUT2D eigenvalue weighted by Crippen LogP contribution is -2.30. The zero-order valence-corrected chi connectivity index (χ0v) is 21.2. The molecule has 4 N–H and O–H groups in total. The summed E-state index contributed by atoms with van der Waals surface area (Å²) in [4.78, 5) is 20.9. The highest BCUT2D eigenvalue weighted by Gasteiger charge is 2.13. The minimum Gasteiger partial charge on any atom is -0.449 e. The lowest BCUT2D eigenvalue weighted by molar-refractivity contribution is 0.159. The largest absolute Gasteiger partial charge is 0.449 e. The first kappa shape index (κ1) is 26.5. The topological polar surface area (TPSA) is 125 Å². The van der Waals surface area contributed by atoms with Gasteiger partial charge in [0.25, 0.3) is 0 Å². The number of aliphatic hydroxyl groups is 1. The molecule has 2 aromatic carbocycles. The maximum absolute atomic E-state index is 12.7. The normalized spacial score (nSPS) is 12.9. The van der Waals surface area contributed by atoms with E-state index in [0.29, 0.717) is 27.9 Å². The molecule has 1 aromatic heterocycles. The minimum atomic E-state index is -3.06. The summed E-state index contributed by atoms with van der Waals surface area (Å²) >= 11 is 0. The van der Waals surface area contributed by atoms with Gasteiger partial charge in [0.05, 0.1) is 34.7 Å². The monoisotopic (exact) mass is 507 g/mol. The second-order valence-corrected chi connectivity index (χ2v) is 9.92. The van der Waals surface area contributed by atoms with Crippen LogP contribution in [0.1, 0.15) is 30.5 Å². The van der Waals surface area contributed by atoms with E-state index < -0.39 is 15.8 Å². The van der Waals surface area contributed by atoms with Crippen LogP contribution in [0.2, 0.25) is 0 Å². The number of aromatic nitrogens is 2. The van der Waals surface area contributed by atoms with Crippen molar-refractivity contribution in [1.82, 2.24) is 14.7 Å². The quantitative estimate of drug-likeness (QED) is 0.270. The number of aryl methyl sites for hydroxylation is 1. The summed E-state index contributed by atoms with van der Waals surface area (Å²) in [7, 11) is -3.06.